The predicted molar refractivity (Wildman–Crippen MR) is 75.8 cm³/mol. The van der Waals surface area contributed by atoms with Gasteiger partial charge in [-0.25, -0.2) is 9.37 Å². The lowest BCUT2D eigenvalue weighted by Crippen LogP contribution is -2.14. The Kier molecular flexibility index (Phi) is 3.26. The van der Waals surface area contributed by atoms with Gasteiger partial charge in [-0.05, 0) is 24.6 Å². The van der Waals surface area contributed by atoms with Gasteiger partial charge in [-0.3, -0.25) is 10.1 Å². The Morgan fingerprint density at radius 1 is 1.38 bits per heavy atom. The number of halogens is 2. The van der Waals surface area contributed by atoms with E-state index in [0.29, 0.717) is 16.7 Å². The number of rotatable bonds is 2. The molecule has 0 bridgehead atoms. The third-order valence-corrected chi connectivity index (χ3v) is 3.17. The molecule has 2 aromatic heterocycles. The Morgan fingerprint density at radius 3 is 2.95 bits per heavy atom. The summed E-state index contributed by atoms with van der Waals surface area (Å²) in [6.45, 7) is 1.62. The maximum Gasteiger partial charge on any atom is 0.258 e. The first-order valence-corrected chi connectivity index (χ1v) is 6.36. The van der Waals surface area contributed by atoms with Crippen molar-refractivity contribution in [3.63, 3.8) is 0 Å². The molecule has 21 heavy (non-hydrogen) atoms. The number of aromatic nitrogens is 4. The van der Waals surface area contributed by atoms with Gasteiger partial charge in [0.05, 0.1) is 6.33 Å². The first kappa shape index (κ1) is 13.4. The second-order valence-electron chi connectivity index (χ2n) is 4.36. The molecule has 6 nitrogen and oxygen atoms in total. The van der Waals surface area contributed by atoms with Crippen LogP contribution in [0.4, 0.5) is 10.3 Å². The lowest BCUT2D eigenvalue weighted by Gasteiger charge is -2.05. The van der Waals surface area contributed by atoms with Crippen molar-refractivity contribution >= 4 is 34.6 Å². The van der Waals surface area contributed by atoms with Crippen molar-refractivity contribution < 1.29 is 9.18 Å². The standard InChI is InChI=1S/C13H9ClFN5O/c1-6-2-3-7(4-8(6)15)12(21)20-13-18-10(14)9-11(19-13)17-5-16-9/h2-5H,1H3,(H2,16,17,18,19,20,21). The summed E-state index contributed by atoms with van der Waals surface area (Å²) in [5.74, 6) is -0.977. The zero-order valence-electron chi connectivity index (χ0n) is 10.8. The Morgan fingerprint density at radius 2 is 2.19 bits per heavy atom. The molecule has 0 saturated carbocycles. The van der Waals surface area contributed by atoms with Crippen molar-refractivity contribution in [1.29, 1.82) is 0 Å². The predicted octanol–water partition coefficient (Wildman–Crippen LogP) is 2.71. The van der Waals surface area contributed by atoms with E-state index in [9.17, 15) is 9.18 Å². The highest BCUT2D eigenvalue weighted by Crippen LogP contribution is 2.18. The number of hydrogen-bond acceptors (Lipinski definition) is 4. The molecule has 0 aliphatic heterocycles. The SMILES string of the molecule is Cc1ccc(C(=O)Nc2nc(Cl)c3[nH]cnc3n2)cc1F. The monoisotopic (exact) mass is 305 g/mol. The molecule has 0 saturated heterocycles. The van der Waals surface area contributed by atoms with E-state index < -0.39 is 11.7 Å². The first-order valence-electron chi connectivity index (χ1n) is 5.99. The summed E-state index contributed by atoms with van der Waals surface area (Å²) in [7, 11) is 0. The van der Waals surface area contributed by atoms with Gasteiger partial charge in [0.1, 0.15) is 11.3 Å². The van der Waals surface area contributed by atoms with Gasteiger partial charge in [-0.2, -0.15) is 9.97 Å². The van der Waals surface area contributed by atoms with Gasteiger partial charge in [-0.1, -0.05) is 17.7 Å². The fourth-order valence-corrected chi connectivity index (χ4v) is 1.98. The lowest BCUT2D eigenvalue weighted by atomic mass is 10.1. The molecule has 2 heterocycles. The fourth-order valence-electron chi connectivity index (χ4n) is 1.76. The third kappa shape index (κ3) is 2.55. The van der Waals surface area contributed by atoms with Crippen molar-refractivity contribution in [2.75, 3.05) is 5.32 Å². The van der Waals surface area contributed by atoms with Crippen LogP contribution >= 0.6 is 11.6 Å². The Bertz CT molecular complexity index is 848. The molecular formula is C13H9ClFN5O. The van der Waals surface area contributed by atoms with Gasteiger partial charge in [0.25, 0.3) is 5.91 Å². The normalized spacial score (nSPS) is 10.8. The molecule has 3 aromatic rings. The van der Waals surface area contributed by atoms with Crippen molar-refractivity contribution in [1.82, 2.24) is 19.9 Å². The number of aryl methyl sites for hydroxylation is 1. The summed E-state index contributed by atoms with van der Waals surface area (Å²) in [6, 6.07) is 4.19. The largest absolute Gasteiger partial charge is 0.341 e. The molecule has 0 spiro atoms. The van der Waals surface area contributed by atoms with Gasteiger partial charge in [0, 0.05) is 5.56 Å². The summed E-state index contributed by atoms with van der Waals surface area (Å²) in [5.41, 5.74) is 1.44. The molecule has 0 atom stereocenters. The number of anilines is 1. The van der Waals surface area contributed by atoms with E-state index in [-0.39, 0.29) is 16.7 Å². The summed E-state index contributed by atoms with van der Waals surface area (Å²) >= 11 is 5.95. The minimum atomic E-state index is -0.528. The second kappa shape index (κ2) is 5.10. The van der Waals surface area contributed by atoms with Crippen LogP contribution in [0, 0.1) is 12.7 Å². The number of aromatic amines is 1. The molecule has 0 aliphatic rings. The second-order valence-corrected chi connectivity index (χ2v) is 4.72. The van der Waals surface area contributed by atoms with Gasteiger partial charge >= 0.3 is 0 Å². The van der Waals surface area contributed by atoms with Crippen LogP contribution in [0.5, 0.6) is 0 Å². The van der Waals surface area contributed by atoms with Crippen LogP contribution in [0.3, 0.4) is 0 Å². The highest BCUT2D eigenvalue weighted by Gasteiger charge is 2.13. The Labute approximate surface area is 123 Å². The van der Waals surface area contributed by atoms with E-state index in [1.807, 2.05) is 0 Å². The fraction of sp³-hybridized carbons (Fsp3) is 0.0769. The number of benzene rings is 1. The maximum absolute atomic E-state index is 13.5. The van der Waals surface area contributed by atoms with Crippen LogP contribution in [0.2, 0.25) is 5.15 Å². The van der Waals surface area contributed by atoms with Crippen LogP contribution in [0.15, 0.2) is 24.5 Å². The van der Waals surface area contributed by atoms with Crippen molar-refractivity contribution in [2.45, 2.75) is 6.92 Å². The first-order chi connectivity index (χ1) is 10.0. The lowest BCUT2D eigenvalue weighted by molar-refractivity contribution is 0.102. The van der Waals surface area contributed by atoms with Gasteiger partial charge < -0.3 is 4.98 Å². The van der Waals surface area contributed by atoms with Crippen LogP contribution in [-0.2, 0) is 0 Å². The number of nitrogens with zero attached hydrogens (tertiary/aromatic N) is 3. The molecule has 8 heteroatoms. The molecule has 2 N–H and O–H groups in total. The minimum Gasteiger partial charge on any atom is -0.341 e. The molecule has 106 valence electrons. The molecule has 3 rings (SSSR count). The maximum atomic E-state index is 13.5. The summed E-state index contributed by atoms with van der Waals surface area (Å²) < 4.78 is 13.5. The molecule has 0 unspecified atom stereocenters. The number of H-pyrrole nitrogens is 1. The van der Waals surface area contributed by atoms with Crippen LogP contribution in [0.1, 0.15) is 15.9 Å². The zero-order valence-corrected chi connectivity index (χ0v) is 11.6. The van der Waals surface area contributed by atoms with E-state index in [1.165, 1.54) is 18.5 Å². The number of hydrogen-bond donors (Lipinski definition) is 2. The Balaban J connectivity index is 1.90. The number of fused-ring (bicyclic) bond motifs is 1. The molecule has 1 amide bonds. The van der Waals surface area contributed by atoms with E-state index in [2.05, 4.69) is 25.3 Å². The van der Waals surface area contributed by atoms with Crippen LogP contribution in [-0.4, -0.2) is 25.8 Å². The summed E-state index contributed by atoms with van der Waals surface area (Å²) in [6.07, 6.45) is 1.42. The van der Waals surface area contributed by atoms with E-state index in [1.54, 1.807) is 6.92 Å². The van der Waals surface area contributed by atoms with Gasteiger partial charge in [-0.15, -0.1) is 0 Å². The van der Waals surface area contributed by atoms with Gasteiger partial charge in [0.2, 0.25) is 5.95 Å². The number of nitrogens with one attached hydrogen (secondary N) is 2. The van der Waals surface area contributed by atoms with Crippen molar-refractivity contribution in [3.05, 3.63) is 46.6 Å². The third-order valence-electron chi connectivity index (χ3n) is 2.90. The summed E-state index contributed by atoms with van der Waals surface area (Å²) in [4.78, 5) is 26.7. The molecule has 0 fully saturated rings. The number of imidazole rings is 1. The van der Waals surface area contributed by atoms with Gasteiger partial charge in [0.15, 0.2) is 10.8 Å². The number of amides is 1. The average molecular weight is 306 g/mol. The highest BCUT2D eigenvalue weighted by molar-refractivity contribution is 6.33. The smallest absolute Gasteiger partial charge is 0.258 e. The number of carbonyl (C=O) groups excluding carboxylic acids is 1. The van der Waals surface area contributed by atoms with Crippen molar-refractivity contribution in [2.24, 2.45) is 0 Å². The quantitative estimate of drug-likeness (QED) is 0.713. The number of carbonyl (C=O) groups is 1. The highest BCUT2D eigenvalue weighted by atomic mass is 35.5. The molecule has 1 aromatic carbocycles. The van der Waals surface area contributed by atoms with Crippen molar-refractivity contribution in [3.8, 4) is 0 Å². The minimum absolute atomic E-state index is 0.00517. The molecular weight excluding hydrogens is 297 g/mol. The van der Waals surface area contributed by atoms with Crippen LogP contribution in [0.25, 0.3) is 11.2 Å². The summed E-state index contributed by atoms with van der Waals surface area (Å²) in [5, 5.41) is 2.60. The van der Waals surface area contributed by atoms with Crippen LogP contribution < -0.4 is 5.32 Å². The Hall–Kier alpha value is -2.54. The average Bonchev–Trinajstić information content (AvgIpc) is 2.90. The van der Waals surface area contributed by atoms with E-state index in [4.69, 9.17) is 11.6 Å². The molecule has 0 aliphatic carbocycles. The topological polar surface area (TPSA) is 83.6 Å². The zero-order chi connectivity index (χ0) is 15.0. The van der Waals surface area contributed by atoms with E-state index >= 15 is 0 Å². The van der Waals surface area contributed by atoms with E-state index in [0.717, 1.165) is 6.07 Å². The molecule has 0 radical (unpaired) electrons.